The Hall–Kier alpha value is -1.67. The van der Waals surface area contributed by atoms with Crippen LogP contribution in [0.5, 0.6) is 11.5 Å². The number of phenolic OH excluding ortho intramolecular Hbond substituents is 2. The summed E-state index contributed by atoms with van der Waals surface area (Å²) in [7, 11) is -5.14. The molecule has 1 unspecified atom stereocenters. The molecule has 0 radical (unpaired) electrons. The van der Waals surface area contributed by atoms with Crippen molar-refractivity contribution in [1.29, 1.82) is 0 Å². The Labute approximate surface area is 186 Å². The van der Waals surface area contributed by atoms with Crippen molar-refractivity contribution in [2.75, 3.05) is 0 Å². The summed E-state index contributed by atoms with van der Waals surface area (Å²) in [5.41, 5.74) is -0.719. The smallest absolute Gasteiger partial charge is 0.283 e. The topological polar surface area (TPSA) is 94.8 Å². The Morgan fingerprint density at radius 2 is 1.41 bits per heavy atom. The summed E-state index contributed by atoms with van der Waals surface area (Å²) in [5.74, 6) is -1.05. The standard InChI is InChI=1S/C19H12Cl4O5S/c20-11-6-4-10(5-7-11)19(29(26,27)28,17-14(22)2-1-3-15(17)24)13-8-12(21)9-16(25)18(13)23/h1-9,24-25H,(H,26,27,28). The highest BCUT2D eigenvalue weighted by atomic mass is 35.5. The number of rotatable bonds is 4. The molecule has 0 heterocycles. The summed E-state index contributed by atoms with van der Waals surface area (Å²) in [5, 5.41) is 20.4. The van der Waals surface area contributed by atoms with E-state index in [0.29, 0.717) is 5.02 Å². The zero-order valence-electron chi connectivity index (χ0n) is 14.3. The van der Waals surface area contributed by atoms with Crippen molar-refractivity contribution >= 4 is 56.5 Å². The highest BCUT2D eigenvalue weighted by Gasteiger charge is 2.52. The molecular formula is C19H12Cl4O5S. The average molecular weight is 494 g/mol. The lowest BCUT2D eigenvalue weighted by Crippen LogP contribution is -2.39. The first-order valence-corrected chi connectivity index (χ1v) is 10.8. The van der Waals surface area contributed by atoms with Gasteiger partial charge >= 0.3 is 0 Å². The maximum absolute atomic E-state index is 13.0. The first-order chi connectivity index (χ1) is 13.5. The van der Waals surface area contributed by atoms with Crippen molar-refractivity contribution in [2.24, 2.45) is 0 Å². The molecule has 0 aliphatic carbocycles. The van der Waals surface area contributed by atoms with Crippen LogP contribution in [0, 0.1) is 0 Å². The van der Waals surface area contributed by atoms with Crippen LogP contribution in [-0.4, -0.2) is 23.2 Å². The Balaban J connectivity index is 2.65. The van der Waals surface area contributed by atoms with Gasteiger partial charge in [-0.05, 0) is 35.9 Å². The van der Waals surface area contributed by atoms with E-state index in [0.717, 1.165) is 12.1 Å². The molecule has 0 aliphatic rings. The second-order valence-corrected chi connectivity index (χ2v) is 9.30. The fourth-order valence-corrected chi connectivity index (χ4v) is 5.59. The molecule has 0 saturated heterocycles. The molecule has 0 spiro atoms. The lowest BCUT2D eigenvalue weighted by Gasteiger charge is -2.34. The Bertz CT molecular complexity index is 1180. The Kier molecular flexibility index (Phi) is 5.98. The Morgan fingerprint density at radius 1 is 0.793 bits per heavy atom. The van der Waals surface area contributed by atoms with Gasteiger partial charge in [0.1, 0.15) is 11.5 Å². The van der Waals surface area contributed by atoms with Crippen LogP contribution >= 0.6 is 46.4 Å². The normalized spacial score (nSPS) is 13.8. The molecule has 0 fully saturated rings. The van der Waals surface area contributed by atoms with E-state index in [1.807, 2.05) is 0 Å². The second-order valence-electron chi connectivity index (χ2n) is 6.08. The fourth-order valence-electron chi connectivity index (χ4n) is 3.23. The van der Waals surface area contributed by atoms with Crippen LogP contribution in [-0.2, 0) is 14.9 Å². The van der Waals surface area contributed by atoms with Gasteiger partial charge in [-0.25, -0.2) is 0 Å². The fraction of sp³-hybridized carbons (Fsp3) is 0.0526. The predicted molar refractivity (Wildman–Crippen MR) is 114 cm³/mol. The van der Waals surface area contributed by atoms with Gasteiger partial charge in [-0.1, -0.05) is 64.6 Å². The molecule has 5 nitrogen and oxygen atoms in total. The van der Waals surface area contributed by atoms with Gasteiger partial charge in [-0.2, -0.15) is 8.42 Å². The number of benzene rings is 3. The molecular weight excluding hydrogens is 482 g/mol. The van der Waals surface area contributed by atoms with E-state index in [2.05, 4.69) is 0 Å². The molecule has 0 amide bonds. The van der Waals surface area contributed by atoms with Crippen LogP contribution in [0.3, 0.4) is 0 Å². The quantitative estimate of drug-likeness (QED) is 0.311. The maximum atomic E-state index is 13.0. The molecule has 10 heteroatoms. The minimum absolute atomic E-state index is 0.0450. The van der Waals surface area contributed by atoms with Gasteiger partial charge in [0.05, 0.1) is 5.02 Å². The van der Waals surface area contributed by atoms with Gasteiger partial charge in [-0.15, -0.1) is 0 Å². The summed E-state index contributed by atoms with van der Waals surface area (Å²) in [6.07, 6.45) is 0. The van der Waals surface area contributed by atoms with E-state index in [1.165, 1.54) is 42.5 Å². The molecule has 3 N–H and O–H groups in total. The van der Waals surface area contributed by atoms with E-state index in [9.17, 15) is 23.2 Å². The lowest BCUT2D eigenvalue weighted by atomic mass is 9.83. The van der Waals surface area contributed by atoms with Crippen molar-refractivity contribution in [3.63, 3.8) is 0 Å². The van der Waals surface area contributed by atoms with Crippen molar-refractivity contribution in [1.82, 2.24) is 0 Å². The van der Waals surface area contributed by atoms with Crippen LogP contribution in [0.1, 0.15) is 16.7 Å². The van der Waals surface area contributed by atoms with Crippen LogP contribution in [0.2, 0.25) is 20.1 Å². The van der Waals surface area contributed by atoms with Gasteiger partial charge < -0.3 is 10.2 Å². The van der Waals surface area contributed by atoms with E-state index in [-0.39, 0.29) is 26.7 Å². The molecule has 0 aromatic heterocycles. The maximum Gasteiger partial charge on any atom is 0.283 e. The van der Waals surface area contributed by atoms with E-state index in [4.69, 9.17) is 46.4 Å². The van der Waals surface area contributed by atoms with Gasteiger partial charge in [0, 0.05) is 32.3 Å². The molecule has 3 aromatic rings. The highest BCUT2D eigenvalue weighted by Crippen LogP contribution is 2.53. The molecule has 3 rings (SSSR count). The average Bonchev–Trinajstić information content (AvgIpc) is 2.61. The van der Waals surface area contributed by atoms with Crippen molar-refractivity contribution < 1.29 is 23.2 Å². The molecule has 1 atom stereocenters. The van der Waals surface area contributed by atoms with Crippen LogP contribution in [0.25, 0.3) is 0 Å². The molecule has 29 heavy (non-hydrogen) atoms. The summed E-state index contributed by atoms with van der Waals surface area (Å²) in [6, 6.07) is 11.6. The number of hydrogen-bond acceptors (Lipinski definition) is 4. The Morgan fingerprint density at radius 3 is 1.97 bits per heavy atom. The third-order valence-electron chi connectivity index (χ3n) is 4.38. The highest BCUT2D eigenvalue weighted by molar-refractivity contribution is 7.87. The van der Waals surface area contributed by atoms with Crippen molar-refractivity contribution in [3.05, 3.63) is 91.4 Å². The number of hydrogen-bond donors (Lipinski definition) is 3. The van der Waals surface area contributed by atoms with Crippen LogP contribution < -0.4 is 0 Å². The largest absolute Gasteiger partial charge is 0.508 e. The summed E-state index contributed by atoms with van der Waals surface area (Å²) in [6.45, 7) is 0. The third kappa shape index (κ3) is 3.65. The predicted octanol–water partition coefficient (Wildman–Crippen LogP) is 5.89. The minimum Gasteiger partial charge on any atom is -0.508 e. The van der Waals surface area contributed by atoms with Crippen LogP contribution in [0.15, 0.2) is 54.6 Å². The van der Waals surface area contributed by atoms with Gasteiger partial charge in [-0.3, -0.25) is 4.55 Å². The van der Waals surface area contributed by atoms with Crippen molar-refractivity contribution in [2.45, 2.75) is 4.75 Å². The van der Waals surface area contributed by atoms with Crippen LogP contribution in [0.4, 0.5) is 0 Å². The first kappa shape index (κ1) is 22.0. The minimum atomic E-state index is -5.14. The van der Waals surface area contributed by atoms with E-state index >= 15 is 0 Å². The molecule has 0 aliphatic heterocycles. The zero-order valence-corrected chi connectivity index (χ0v) is 18.1. The SMILES string of the molecule is O=S(=O)(O)C(c1ccc(Cl)cc1)(c1cc(Cl)cc(O)c1Cl)c1c(O)cccc1Cl. The number of aromatic hydroxyl groups is 2. The number of phenols is 2. The van der Waals surface area contributed by atoms with Gasteiger partial charge in [0.15, 0.2) is 4.75 Å². The van der Waals surface area contributed by atoms with Gasteiger partial charge in [0.25, 0.3) is 10.1 Å². The number of halogens is 4. The van der Waals surface area contributed by atoms with E-state index in [1.54, 1.807) is 0 Å². The third-order valence-corrected chi connectivity index (χ3v) is 6.99. The second kappa shape index (κ2) is 7.87. The molecule has 3 aromatic carbocycles. The lowest BCUT2D eigenvalue weighted by molar-refractivity contribution is 0.439. The van der Waals surface area contributed by atoms with Crippen molar-refractivity contribution in [3.8, 4) is 11.5 Å². The molecule has 152 valence electrons. The monoisotopic (exact) mass is 492 g/mol. The summed E-state index contributed by atoms with van der Waals surface area (Å²) in [4.78, 5) is 0. The van der Waals surface area contributed by atoms with E-state index < -0.39 is 31.4 Å². The van der Waals surface area contributed by atoms with Gasteiger partial charge in [0.2, 0.25) is 0 Å². The summed E-state index contributed by atoms with van der Waals surface area (Å²) >= 11 is 24.5. The molecule has 0 bridgehead atoms. The molecule has 0 saturated carbocycles. The zero-order chi connectivity index (χ0) is 21.6. The summed E-state index contributed by atoms with van der Waals surface area (Å²) < 4.78 is 33.9. The first-order valence-electron chi connectivity index (χ1n) is 7.89.